The fourth-order valence-electron chi connectivity index (χ4n) is 0.752. The van der Waals surface area contributed by atoms with Gasteiger partial charge in [-0.2, -0.15) is 0 Å². The highest BCUT2D eigenvalue weighted by molar-refractivity contribution is 7.09. The average Bonchev–Trinajstić information content (AvgIpc) is 2.56. The van der Waals surface area contributed by atoms with E-state index in [2.05, 4.69) is 0 Å². The molecular weight excluding hydrogens is 190 g/mol. The molecule has 1 rings (SSSR count). The summed E-state index contributed by atoms with van der Waals surface area (Å²) in [6.07, 6.45) is 0. The summed E-state index contributed by atoms with van der Waals surface area (Å²) in [4.78, 5) is 11.4. The number of nitrogens with two attached hydrogens (primary N) is 1. The highest BCUT2D eigenvalue weighted by atomic mass is 32.1. The Hall–Kier alpha value is -0.910. The minimum absolute atomic E-state index is 0.0488. The predicted molar refractivity (Wildman–Crippen MR) is 49.6 cm³/mol. The average molecular weight is 201 g/mol. The van der Waals surface area contributed by atoms with Crippen molar-refractivity contribution < 1.29 is 14.6 Å². The maximum atomic E-state index is 10.3. The third kappa shape index (κ3) is 3.54. The normalized spacial score (nSPS) is 12.7. The smallest absolute Gasteiger partial charge is 0.322 e. The first kappa shape index (κ1) is 10.2. The highest BCUT2D eigenvalue weighted by Gasteiger charge is 2.10. The van der Waals surface area contributed by atoms with Crippen LogP contribution in [0.2, 0.25) is 0 Å². The molecule has 0 aliphatic carbocycles. The molecule has 0 aromatic carbocycles. The summed E-state index contributed by atoms with van der Waals surface area (Å²) in [6.45, 7) is 0.478. The number of hydrogen-bond donors (Lipinski definition) is 2. The fourth-order valence-corrected chi connectivity index (χ4v) is 1.39. The van der Waals surface area contributed by atoms with Gasteiger partial charge in [0.25, 0.3) is 0 Å². The van der Waals surface area contributed by atoms with Crippen molar-refractivity contribution >= 4 is 17.3 Å². The minimum Gasteiger partial charge on any atom is -0.480 e. The molecular formula is C8H11NO3S. The summed E-state index contributed by atoms with van der Waals surface area (Å²) in [5.74, 6) is -1.04. The third-order valence-corrected chi connectivity index (χ3v) is 2.29. The van der Waals surface area contributed by atoms with Gasteiger partial charge in [0, 0.05) is 4.88 Å². The van der Waals surface area contributed by atoms with Gasteiger partial charge >= 0.3 is 5.97 Å². The van der Waals surface area contributed by atoms with E-state index in [1.807, 2.05) is 17.5 Å². The monoisotopic (exact) mass is 201 g/mol. The molecule has 0 aliphatic heterocycles. The summed E-state index contributed by atoms with van der Waals surface area (Å²) in [6, 6.07) is 2.91. The molecule has 4 nitrogen and oxygen atoms in total. The van der Waals surface area contributed by atoms with E-state index < -0.39 is 12.0 Å². The Balaban J connectivity index is 2.18. The zero-order chi connectivity index (χ0) is 9.68. The number of carbonyl (C=O) groups is 1. The van der Waals surface area contributed by atoms with E-state index in [9.17, 15) is 4.79 Å². The second kappa shape index (κ2) is 4.96. The molecule has 5 heteroatoms. The number of carboxylic acid groups (broad SMARTS) is 1. The van der Waals surface area contributed by atoms with Crippen molar-refractivity contribution in [3.05, 3.63) is 22.4 Å². The number of carboxylic acids is 1. The molecule has 1 atom stereocenters. The Morgan fingerprint density at radius 3 is 3.08 bits per heavy atom. The second-order valence-corrected chi connectivity index (χ2v) is 3.57. The number of ether oxygens (including phenoxy) is 1. The zero-order valence-corrected chi connectivity index (χ0v) is 7.79. The summed E-state index contributed by atoms with van der Waals surface area (Å²) in [5, 5.41) is 10.4. The van der Waals surface area contributed by atoms with E-state index in [-0.39, 0.29) is 6.61 Å². The van der Waals surface area contributed by atoms with Crippen molar-refractivity contribution in [2.75, 3.05) is 6.61 Å². The van der Waals surface area contributed by atoms with Crippen molar-refractivity contribution in [2.24, 2.45) is 5.73 Å². The number of hydrogen-bond acceptors (Lipinski definition) is 4. The zero-order valence-electron chi connectivity index (χ0n) is 6.97. The van der Waals surface area contributed by atoms with Gasteiger partial charge in [-0.3, -0.25) is 4.79 Å². The van der Waals surface area contributed by atoms with E-state index in [0.717, 1.165) is 4.88 Å². The molecule has 0 bridgehead atoms. The molecule has 0 fully saturated rings. The van der Waals surface area contributed by atoms with Gasteiger partial charge in [-0.25, -0.2) is 0 Å². The lowest BCUT2D eigenvalue weighted by Gasteiger charge is -2.05. The van der Waals surface area contributed by atoms with Crippen LogP contribution in [0, 0.1) is 0 Å². The Kier molecular flexibility index (Phi) is 3.88. The molecule has 1 aromatic heterocycles. The molecule has 0 amide bonds. The Labute approximate surface area is 79.9 Å². The molecule has 1 aromatic rings. The van der Waals surface area contributed by atoms with Gasteiger partial charge in [-0.1, -0.05) is 6.07 Å². The third-order valence-electron chi connectivity index (χ3n) is 1.44. The second-order valence-electron chi connectivity index (χ2n) is 2.54. The minimum atomic E-state index is -1.04. The van der Waals surface area contributed by atoms with Crippen LogP contribution in [0.1, 0.15) is 4.88 Å². The van der Waals surface area contributed by atoms with Gasteiger partial charge in [0.15, 0.2) is 0 Å². The summed E-state index contributed by atoms with van der Waals surface area (Å²) in [5.41, 5.74) is 5.23. The predicted octanol–water partition coefficient (Wildman–Crippen LogP) is 0.677. The molecule has 13 heavy (non-hydrogen) atoms. The van der Waals surface area contributed by atoms with E-state index in [1.54, 1.807) is 11.3 Å². The maximum absolute atomic E-state index is 10.3. The van der Waals surface area contributed by atoms with Crippen molar-refractivity contribution in [3.8, 4) is 0 Å². The Morgan fingerprint density at radius 1 is 1.77 bits per heavy atom. The summed E-state index contributed by atoms with van der Waals surface area (Å²) >= 11 is 1.57. The molecule has 1 heterocycles. The van der Waals surface area contributed by atoms with E-state index >= 15 is 0 Å². The fraction of sp³-hybridized carbons (Fsp3) is 0.375. The van der Waals surface area contributed by atoms with Crippen molar-refractivity contribution in [1.29, 1.82) is 0 Å². The molecule has 0 radical (unpaired) electrons. The van der Waals surface area contributed by atoms with Crippen LogP contribution in [0.5, 0.6) is 0 Å². The molecule has 0 unspecified atom stereocenters. The van der Waals surface area contributed by atoms with Crippen LogP contribution in [0.4, 0.5) is 0 Å². The number of rotatable bonds is 5. The lowest BCUT2D eigenvalue weighted by molar-refractivity contribution is -0.140. The lowest BCUT2D eigenvalue weighted by Crippen LogP contribution is -2.34. The van der Waals surface area contributed by atoms with Crippen LogP contribution in [-0.2, 0) is 16.1 Å². The van der Waals surface area contributed by atoms with Gasteiger partial charge in [-0.15, -0.1) is 11.3 Å². The van der Waals surface area contributed by atoms with Crippen LogP contribution >= 0.6 is 11.3 Å². The molecule has 0 saturated carbocycles. The van der Waals surface area contributed by atoms with Crippen molar-refractivity contribution in [3.63, 3.8) is 0 Å². The topological polar surface area (TPSA) is 72.5 Å². The first-order valence-corrected chi connectivity index (χ1v) is 4.66. The van der Waals surface area contributed by atoms with E-state index in [0.29, 0.717) is 6.61 Å². The number of thiophene rings is 1. The largest absolute Gasteiger partial charge is 0.480 e. The Bertz CT molecular complexity index is 260. The van der Waals surface area contributed by atoms with E-state index in [1.165, 1.54) is 0 Å². The van der Waals surface area contributed by atoms with E-state index in [4.69, 9.17) is 15.6 Å². The summed E-state index contributed by atoms with van der Waals surface area (Å²) < 4.78 is 5.11. The van der Waals surface area contributed by atoms with Gasteiger partial charge in [0.2, 0.25) is 0 Å². The standard InChI is InChI=1S/C8H11NO3S/c9-7(8(10)11)5-12-4-6-2-1-3-13-6/h1-3,7H,4-5,9H2,(H,10,11)/t7-/m1/s1. The molecule has 72 valence electrons. The summed E-state index contributed by atoms with van der Waals surface area (Å²) in [7, 11) is 0. The SMILES string of the molecule is N[C@H](COCc1cccs1)C(=O)O. The molecule has 0 aliphatic rings. The van der Waals surface area contributed by atoms with Crippen LogP contribution < -0.4 is 5.73 Å². The Morgan fingerprint density at radius 2 is 2.54 bits per heavy atom. The van der Waals surface area contributed by atoms with Crippen molar-refractivity contribution in [1.82, 2.24) is 0 Å². The first-order valence-electron chi connectivity index (χ1n) is 3.78. The molecule has 0 saturated heterocycles. The van der Waals surface area contributed by atoms with Gasteiger partial charge in [0.1, 0.15) is 6.04 Å². The van der Waals surface area contributed by atoms with Crippen LogP contribution in [-0.4, -0.2) is 23.7 Å². The lowest BCUT2D eigenvalue weighted by atomic mass is 10.3. The first-order chi connectivity index (χ1) is 6.20. The van der Waals surface area contributed by atoms with Crippen LogP contribution in [0.25, 0.3) is 0 Å². The van der Waals surface area contributed by atoms with Gasteiger partial charge < -0.3 is 15.6 Å². The van der Waals surface area contributed by atoms with Crippen molar-refractivity contribution in [2.45, 2.75) is 12.6 Å². The van der Waals surface area contributed by atoms with Crippen LogP contribution in [0.3, 0.4) is 0 Å². The number of aliphatic carboxylic acids is 1. The molecule has 3 N–H and O–H groups in total. The van der Waals surface area contributed by atoms with Gasteiger partial charge in [0.05, 0.1) is 13.2 Å². The maximum Gasteiger partial charge on any atom is 0.322 e. The van der Waals surface area contributed by atoms with Crippen LogP contribution in [0.15, 0.2) is 17.5 Å². The molecule has 0 spiro atoms. The quantitative estimate of drug-likeness (QED) is 0.734. The highest BCUT2D eigenvalue weighted by Crippen LogP contribution is 2.09. The van der Waals surface area contributed by atoms with Gasteiger partial charge in [-0.05, 0) is 11.4 Å².